The summed E-state index contributed by atoms with van der Waals surface area (Å²) in [6, 6.07) is 11.0. The molecule has 2 fully saturated rings. The summed E-state index contributed by atoms with van der Waals surface area (Å²) in [6.07, 6.45) is 13.1. The third-order valence-electron chi connectivity index (χ3n) is 7.63. The molecule has 1 amide bonds. The van der Waals surface area contributed by atoms with Gasteiger partial charge in [-0.1, -0.05) is 37.5 Å². The van der Waals surface area contributed by atoms with Gasteiger partial charge in [-0.15, -0.1) is 0 Å². The highest BCUT2D eigenvalue weighted by atomic mass is 19.1. The Balaban J connectivity index is 1.19. The second-order valence-corrected chi connectivity index (χ2v) is 10.4. The van der Waals surface area contributed by atoms with Crippen LogP contribution >= 0.6 is 0 Å². The molecule has 194 valence electrons. The minimum atomic E-state index is -0.519. The average Bonchev–Trinajstić information content (AvgIpc) is 2.92. The first-order chi connectivity index (χ1) is 18.0. The van der Waals surface area contributed by atoms with Crippen LogP contribution in [0.1, 0.15) is 64.2 Å². The lowest BCUT2D eigenvalue weighted by molar-refractivity contribution is -0.123. The highest BCUT2D eigenvalue weighted by molar-refractivity contribution is 5.76. The lowest BCUT2D eigenvalue weighted by Gasteiger charge is -2.30. The van der Waals surface area contributed by atoms with Gasteiger partial charge in [0.1, 0.15) is 5.69 Å². The Morgan fingerprint density at radius 1 is 0.973 bits per heavy atom. The number of aromatic amines is 1. The molecule has 0 saturated heterocycles. The van der Waals surface area contributed by atoms with Crippen LogP contribution in [0.3, 0.4) is 0 Å². The second kappa shape index (κ2) is 11.7. The molecule has 2 aliphatic rings. The van der Waals surface area contributed by atoms with Gasteiger partial charge in [-0.2, -0.15) is 0 Å². The van der Waals surface area contributed by atoms with E-state index in [9.17, 15) is 14.0 Å². The number of rotatable bonds is 7. The van der Waals surface area contributed by atoms with Crippen LogP contribution in [0.15, 0.2) is 53.6 Å². The molecule has 7 nitrogen and oxygen atoms in total. The number of anilines is 1. The number of nitrogens with one attached hydrogen (secondary N) is 3. The average molecular weight is 504 g/mol. The van der Waals surface area contributed by atoms with Gasteiger partial charge in [0.05, 0.1) is 6.20 Å². The second-order valence-electron chi connectivity index (χ2n) is 10.4. The summed E-state index contributed by atoms with van der Waals surface area (Å²) in [6.45, 7) is 0. The molecule has 0 unspecified atom stereocenters. The molecule has 2 heterocycles. The van der Waals surface area contributed by atoms with Crippen LogP contribution in [0.5, 0.6) is 0 Å². The van der Waals surface area contributed by atoms with E-state index in [-0.39, 0.29) is 29.2 Å². The van der Waals surface area contributed by atoms with E-state index in [4.69, 9.17) is 0 Å². The first-order valence-electron chi connectivity index (χ1n) is 13.4. The monoisotopic (exact) mass is 503 g/mol. The largest absolute Gasteiger partial charge is 0.353 e. The number of carbonyl (C=O) groups excluding carboxylic acids is 1. The summed E-state index contributed by atoms with van der Waals surface area (Å²) >= 11 is 0. The molecule has 2 aromatic heterocycles. The van der Waals surface area contributed by atoms with E-state index in [0.717, 1.165) is 25.7 Å². The number of hydrogen-bond acceptors (Lipinski definition) is 5. The number of aromatic nitrogens is 3. The summed E-state index contributed by atoms with van der Waals surface area (Å²) in [7, 11) is 0. The van der Waals surface area contributed by atoms with Crippen molar-refractivity contribution in [3.05, 3.63) is 65.0 Å². The Bertz CT molecular complexity index is 1280. The lowest BCUT2D eigenvalue weighted by Crippen LogP contribution is -2.40. The zero-order valence-electron chi connectivity index (χ0n) is 21.0. The third kappa shape index (κ3) is 6.42. The molecule has 2 aliphatic carbocycles. The Hall–Kier alpha value is -3.55. The van der Waals surface area contributed by atoms with Crippen molar-refractivity contribution in [1.82, 2.24) is 20.3 Å². The molecule has 0 aliphatic heterocycles. The van der Waals surface area contributed by atoms with Crippen molar-refractivity contribution in [1.29, 1.82) is 0 Å². The van der Waals surface area contributed by atoms with Crippen molar-refractivity contribution < 1.29 is 9.18 Å². The van der Waals surface area contributed by atoms with E-state index in [1.165, 1.54) is 38.3 Å². The zero-order chi connectivity index (χ0) is 25.6. The molecule has 0 bridgehead atoms. The van der Waals surface area contributed by atoms with Crippen LogP contribution in [0, 0.1) is 11.7 Å². The van der Waals surface area contributed by atoms with E-state index in [2.05, 4.69) is 25.6 Å². The summed E-state index contributed by atoms with van der Waals surface area (Å²) < 4.78 is 14.7. The van der Waals surface area contributed by atoms with Gasteiger partial charge in [0.15, 0.2) is 5.82 Å². The van der Waals surface area contributed by atoms with Crippen molar-refractivity contribution in [2.45, 2.75) is 76.3 Å². The van der Waals surface area contributed by atoms with Crippen LogP contribution in [0.25, 0.3) is 22.4 Å². The minimum Gasteiger partial charge on any atom is -0.353 e. The molecular formula is C29H34FN5O2. The maximum absolute atomic E-state index is 14.7. The molecule has 37 heavy (non-hydrogen) atoms. The smallest absolute Gasteiger partial charge is 0.255 e. The first-order valence-corrected chi connectivity index (χ1v) is 13.4. The van der Waals surface area contributed by atoms with Crippen molar-refractivity contribution in [3.8, 4) is 22.4 Å². The quantitative estimate of drug-likeness (QED) is 0.398. The molecule has 3 aromatic rings. The predicted octanol–water partition coefficient (Wildman–Crippen LogP) is 5.45. The number of nitrogens with zero attached hydrogens (tertiary/aromatic N) is 2. The Kier molecular flexibility index (Phi) is 7.92. The molecule has 0 atom stereocenters. The van der Waals surface area contributed by atoms with E-state index in [1.54, 1.807) is 36.5 Å². The van der Waals surface area contributed by atoms with E-state index < -0.39 is 5.82 Å². The predicted molar refractivity (Wildman–Crippen MR) is 142 cm³/mol. The van der Waals surface area contributed by atoms with Gasteiger partial charge in [0.25, 0.3) is 5.56 Å². The highest BCUT2D eigenvalue weighted by Crippen LogP contribution is 2.28. The van der Waals surface area contributed by atoms with Crippen molar-refractivity contribution in [2.75, 3.05) is 5.32 Å². The number of hydrogen-bond donors (Lipinski definition) is 3. The number of amides is 1. The molecule has 0 spiro atoms. The molecular weight excluding hydrogens is 469 g/mol. The van der Waals surface area contributed by atoms with Crippen LogP contribution in [0.4, 0.5) is 10.3 Å². The summed E-state index contributed by atoms with van der Waals surface area (Å²) in [5.41, 5.74) is 1.77. The third-order valence-corrected chi connectivity index (χ3v) is 7.63. The molecule has 3 N–H and O–H groups in total. The minimum absolute atomic E-state index is 0.166. The van der Waals surface area contributed by atoms with E-state index >= 15 is 0 Å². The van der Waals surface area contributed by atoms with Crippen LogP contribution in [0.2, 0.25) is 0 Å². The summed E-state index contributed by atoms with van der Waals surface area (Å²) in [5, 5.41) is 6.60. The van der Waals surface area contributed by atoms with E-state index in [1.807, 2.05) is 6.07 Å². The highest BCUT2D eigenvalue weighted by Gasteiger charge is 2.25. The van der Waals surface area contributed by atoms with E-state index in [0.29, 0.717) is 35.0 Å². The van der Waals surface area contributed by atoms with Gasteiger partial charge < -0.3 is 15.6 Å². The van der Waals surface area contributed by atoms with Gasteiger partial charge in [-0.3, -0.25) is 9.59 Å². The van der Waals surface area contributed by atoms with Gasteiger partial charge in [0.2, 0.25) is 11.9 Å². The van der Waals surface area contributed by atoms with Gasteiger partial charge in [-0.05, 0) is 68.2 Å². The topological polar surface area (TPSA) is 99.8 Å². The Morgan fingerprint density at radius 2 is 1.73 bits per heavy atom. The number of benzene rings is 1. The lowest BCUT2D eigenvalue weighted by atomic mass is 9.86. The molecule has 1 aromatic carbocycles. The SMILES string of the molecule is O=C(CC1CCCCC1)NC1CCC(Nc2ncc(F)c(-c3cccc(-c4ccc[nH]c4=O)c3)n2)CC1. The number of carbonyl (C=O) groups is 1. The normalized spacial score (nSPS) is 20.4. The fourth-order valence-corrected chi connectivity index (χ4v) is 5.63. The number of pyridine rings is 1. The van der Waals surface area contributed by atoms with Gasteiger partial charge >= 0.3 is 0 Å². The van der Waals surface area contributed by atoms with Gasteiger partial charge in [0, 0.05) is 35.8 Å². The fourth-order valence-electron chi connectivity index (χ4n) is 5.63. The standard InChI is InChI=1S/C29H34FN5O2/c30-25-18-32-29(35-27(25)21-9-4-8-20(17-21)24-10-5-15-31-28(24)37)34-23-13-11-22(12-14-23)33-26(36)16-19-6-2-1-3-7-19/h4-5,8-10,15,17-19,22-23H,1-3,6-7,11-14,16H2,(H,31,37)(H,33,36)(H,32,34,35). The molecule has 5 rings (SSSR count). The van der Waals surface area contributed by atoms with Gasteiger partial charge in [-0.25, -0.2) is 14.4 Å². The number of halogens is 1. The van der Waals surface area contributed by atoms with Crippen LogP contribution in [-0.4, -0.2) is 32.9 Å². The fraction of sp³-hybridized carbons (Fsp3) is 0.448. The first kappa shape index (κ1) is 25.1. The molecule has 2 saturated carbocycles. The Labute approximate surface area is 216 Å². The number of H-pyrrole nitrogens is 1. The van der Waals surface area contributed by atoms with Crippen LogP contribution in [-0.2, 0) is 4.79 Å². The van der Waals surface area contributed by atoms with Crippen molar-refractivity contribution >= 4 is 11.9 Å². The molecule has 8 heteroatoms. The van der Waals surface area contributed by atoms with Crippen molar-refractivity contribution in [3.63, 3.8) is 0 Å². The Morgan fingerprint density at radius 3 is 2.51 bits per heavy atom. The summed E-state index contributed by atoms with van der Waals surface area (Å²) in [5.74, 6) is 0.596. The van der Waals surface area contributed by atoms with Crippen LogP contribution < -0.4 is 16.2 Å². The maximum atomic E-state index is 14.7. The summed E-state index contributed by atoms with van der Waals surface area (Å²) in [4.78, 5) is 36.0. The van der Waals surface area contributed by atoms with Crippen molar-refractivity contribution in [2.24, 2.45) is 5.92 Å². The maximum Gasteiger partial charge on any atom is 0.255 e. The molecule has 0 radical (unpaired) electrons. The zero-order valence-corrected chi connectivity index (χ0v) is 21.0.